The molecule has 1 aromatic carbocycles. The van der Waals surface area contributed by atoms with Crippen molar-refractivity contribution in [1.29, 1.82) is 0 Å². The van der Waals surface area contributed by atoms with Crippen LogP contribution in [0, 0.1) is 0 Å². The Labute approximate surface area is 113 Å². The minimum absolute atomic E-state index is 1.07. The van der Waals surface area contributed by atoms with E-state index in [1.165, 1.54) is 33.1 Å². The van der Waals surface area contributed by atoms with Gasteiger partial charge in [-0.3, -0.25) is 4.98 Å². The number of hydrogen-bond donors (Lipinski definition) is 1. The molecular formula is C17H20N2. The van der Waals surface area contributed by atoms with Gasteiger partial charge in [0, 0.05) is 22.0 Å². The van der Waals surface area contributed by atoms with Gasteiger partial charge in [0.2, 0.25) is 0 Å². The summed E-state index contributed by atoms with van der Waals surface area (Å²) in [5, 5.41) is 2.72. The molecule has 2 nitrogen and oxygen atoms in total. The van der Waals surface area contributed by atoms with E-state index in [-0.39, 0.29) is 0 Å². The van der Waals surface area contributed by atoms with E-state index in [2.05, 4.69) is 48.1 Å². The standard InChI is InChI=1S/C17H20N2/c1-3-7-12-14(8-4-2)18-11-16-17(12)13-9-5-6-10-15(13)19-16/h5-6,9-11,19H,3-4,7-8H2,1-2H3. The zero-order valence-corrected chi connectivity index (χ0v) is 11.7. The Morgan fingerprint density at radius 2 is 1.79 bits per heavy atom. The summed E-state index contributed by atoms with van der Waals surface area (Å²) in [5.41, 5.74) is 5.11. The summed E-state index contributed by atoms with van der Waals surface area (Å²) in [6, 6.07) is 8.55. The van der Waals surface area contributed by atoms with E-state index in [0.29, 0.717) is 0 Å². The van der Waals surface area contributed by atoms with Crippen molar-refractivity contribution in [2.45, 2.75) is 39.5 Å². The van der Waals surface area contributed by atoms with Crippen LogP contribution in [0.4, 0.5) is 0 Å². The number of rotatable bonds is 4. The predicted octanol–water partition coefficient (Wildman–Crippen LogP) is 4.62. The molecule has 0 aliphatic carbocycles. The van der Waals surface area contributed by atoms with Crippen LogP contribution in [-0.2, 0) is 12.8 Å². The van der Waals surface area contributed by atoms with E-state index >= 15 is 0 Å². The van der Waals surface area contributed by atoms with E-state index in [1.807, 2.05) is 6.20 Å². The van der Waals surface area contributed by atoms with E-state index in [9.17, 15) is 0 Å². The number of aromatic nitrogens is 2. The molecule has 0 spiro atoms. The predicted molar refractivity (Wildman–Crippen MR) is 81.6 cm³/mol. The average molecular weight is 252 g/mol. The smallest absolute Gasteiger partial charge is 0.0654 e. The Hall–Kier alpha value is -1.83. The normalized spacial score (nSPS) is 11.5. The fourth-order valence-corrected chi connectivity index (χ4v) is 2.92. The van der Waals surface area contributed by atoms with Gasteiger partial charge >= 0.3 is 0 Å². The molecule has 0 saturated carbocycles. The van der Waals surface area contributed by atoms with Gasteiger partial charge in [0.05, 0.1) is 11.7 Å². The summed E-state index contributed by atoms with van der Waals surface area (Å²) >= 11 is 0. The van der Waals surface area contributed by atoms with E-state index in [1.54, 1.807) is 0 Å². The summed E-state index contributed by atoms with van der Waals surface area (Å²) in [6.07, 6.45) is 6.50. The van der Waals surface area contributed by atoms with Crippen molar-refractivity contribution in [1.82, 2.24) is 9.97 Å². The highest BCUT2D eigenvalue weighted by atomic mass is 14.8. The van der Waals surface area contributed by atoms with Gasteiger partial charge in [-0.2, -0.15) is 0 Å². The fraction of sp³-hybridized carbons (Fsp3) is 0.353. The Morgan fingerprint density at radius 3 is 2.58 bits per heavy atom. The molecule has 3 rings (SSSR count). The van der Waals surface area contributed by atoms with Crippen LogP contribution in [-0.4, -0.2) is 9.97 Å². The molecule has 1 N–H and O–H groups in total. The molecule has 0 unspecified atom stereocenters. The van der Waals surface area contributed by atoms with Gasteiger partial charge in [-0.15, -0.1) is 0 Å². The minimum atomic E-state index is 1.07. The summed E-state index contributed by atoms with van der Waals surface area (Å²) < 4.78 is 0. The molecule has 0 bridgehead atoms. The van der Waals surface area contributed by atoms with Gasteiger partial charge in [0.1, 0.15) is 0 Å². The number of fused-ring (bicyclic) bond motifs is 3. The highest BCUT2D eigenvalue weighted by Crippen LogP contribution is 2.30. The minimum Gasteiger partial charge on any atom is -0.353 e. The molecule has 0 aliphatic rings. The van der Waals surface area contributed by atoms with Crippen LogP contribution in [0.15, 0.2) is 30.5 Å². The van der Waals surface area contributed by atoms with Crippen LogP contribution < -0.4 is 0 Å². The van der Waals surface area contributed by atoms with Crippen molar-refractivity contribution >= 4 is 21.8 Å². The maximum atomic E-state index is 4.68. The topological polar surface area (TPSA) is 28.7 Å². The number of nitrogens with zero attached hydrogens (tertiary/aromatic N) is 1. The number of benzene rings is 1. The van der Waals surface area contributed by atoms with Gasteiger partial charge in [-0.1, -0.05) is 44.9 Å². The maximum Gasteiger partial charge on any atom is 0.0654 e. The zero-order chi connectivity index (χ0) is 13.2. The van der Waals surface area contributed by atoms with Gasteiger partial charge in [-0.25, -0.2) is 0 Å². The van der Waals surface area contributed by atoms with Gasteiger partial charge in [-0.05, 0) is 24.5 Å². The SMILES string of the molecule is CCCc1ncc2[nH]c3ccccc3c2c1CCC. The molecule has 0 aliphatic heterocycles. The van der Waals surface area contributed by atoms with Crippen molar-refractivity contribution in [3.05, 3.63) is 41.7 Å². The first-order valence-electron chi connectivity index (χ1n) is 7.22. The van der Waals surface area contributed by atoms with Crippen molar-refractivity contribution in [3.63, 3.8) is 0 Å². The number of nitrogens with one attached hydrogen (secondary N) is 1. The first-order chi connectivity index (χ1) is 9.35. The molecule has 2 aromatic heterocycles. The Kier molecular flexibility index (Phi) is 3.24. The lowest BCUT2D eigenvalue weighted by atomic mass is 9.99. The maximum absolute atomic E-state index is 4.68. The first-order valence-corrected chi connectivity index (χ1v) is 7.22. The molecule has 3 aromatic rings. The summed E-state index contributed by atoms with van der Waals surface area (Å²) in [5.74, 6) is 0. The third-order valence-electron chi connectivity index (χ3n) is 3.72. The highest BCUT2D eigenvalue weighted by molar-refractivity contribution is 6.08. The van der Waals surface area contributed by atoms with Crippen LogP contribution >= 0.6 is 0 Å². The molecule has 0 atom stereocenters. The summed E-state index contributed by atoms with van der Waals surface area (Å²) in [6.45, 7) is 4.46. The monoisotopic (exact) mass is 252 g/mol. The largest absolute Gasteiger partial charge is 0.353 e. The Morgan fingerprint density at radius 1 is 1.00 bits per heavy atom. The first kappa shape index (κ1) is 12.2. The van der Waals surface area contributed by atoms with Crippen molar-refractivity contribution in [3.8, 4) is 0 Å². The van der Waals surface area contributed by atoms with Crippen molar-refractivity contribution in [2.75, 3.05) is 0 Å². The Bertz CT molecular complexity index is 710. The Balaban J connectivity index is 2.35. The molecule has 0 saturated heterocycles. The van der Waals surface area contributed by atoms with E-state index in [0.717, 1.165) is 25.7 Å². The van der Waals surface area contributed by atoms with Crippen LogP contribution in [0.25, 0.3) is 21.8 Å². The van der Waals surface area contributed by atoms with Crippen LogP contribution in [0.3, 0.4) is 0 Å². The molecule has 98 valence electrons. The molecule has 0 radical (unpaired) electrons. The average Bonchev–Trinajstić information content (AvgIpc) is 2.80. The molecule has 19 heavy (non-hydrogen) atoms. The van der Waals surface area contributed by atoms with Gasteiger partial charge < -0.3 is 4.98 Å². The second-order valence-corrected chi connectivity index (χ2v) is 5.14. The van der Waals surface area contributed by atoms with Crippen molar-refractivity contribution in [2.24, 2.45) is 0 Å². The lowest BCUT2D eigenvalue weighted by molar-refractivity contribution is 0.837. The van der Waals surface area contributed by atoms with Crippen LogP contribution in [0.5, 0.6) is 0 Å². The van der Waals surface area contributed by atoms with E-state index < -0.39 is 0 Å². The zero-order valence-electron chi connectivity index (χ0n) is 11.7. The molecule has 2 heterocycles. The summed E-state index contributed by atoms with van der Waals surface area (Å²) in [7, 11) is 0. The molecule has 0 amide bonds. The second-order valence-electron chi connectivity index (χ2n) is 5.14. The van der Waals surface area contributed by atoms with Gasteiger partial charge in [0.25, 0.3) is 0 Å². The van der Waals surface area contributed by atoms with Gasteiger partial charge in [0.15, 0.2) is 0 Å². The quantitative estimate of drug-likeness (QED) is 0.721. The third-order valence-corrected chi connectivity index (χ3v) is 3.72. The lowest BCUT2D eigenvalue weighted by Crippen LogP contribution is -1.98. The number of aromatic amines is 1. The molecular weight excluding hydrogens is 232 g/mol. The number of hydrogen-bond acceptors (Lipinski definition) is 1. The van der Waals surface area contributed by atoms with Crippen LogP contribution in [0.2, 0.25) is 0 Å². The fourth-order valence-electron chi connectivity index (χ4n) is 2.92. The summed E-state index contributed by atoms with van der Waals surface area (Å²) in [4.78, 5) is 8.16. The van der Waals surface area contributed by atoms with Crippen molar-refractivity contribution < 1.29 is 0 Å². The number of aryl methyl sites for hydroxylation is 2. The van der Waals surface area contributed by atoms with E-state index in [4.69, 9.17) is 0 Å². The lowest BCUT2D eigenvalue weighted by Gasteiger charge is -2.09. The molecule has 2 heteroatoms. The number of H-pyrrole nitrogens is 1. The molecule has 0 fully saturated rings. The second kappa shape index (κ2) is 5.04. The number of para-hydroxylation sites is 1. The van der Waals surface area contributed by atoms with Crippen LogP contribution in [0.1, 0.15) is 37.9 Å². The number of pyridine rings is 1. The highest BCUT2D eigenvalue weighted by Gasteiger charge is 2.12. The third kappa shape index (κ3) is 2.01.